The minimum absolute atomic E-state index is 0.0317. The van der Waals surface area contributed by atoms with E-state index in [1.54, 1.807) is 0 Å². The van der Waals surface area contributed by atoms with Crippen LogP contribution >= 0.6 is 7.82 Å². The number of phosphoric acid groups is 1. The molecule has 9 nitrogen and oxygen atoms in total. The van der Waals surface area contributed by atoms with Crippen molar-refractivity contribution in [3.05, 3.63) is 24.3 Å². The lowest BCUT2D eigenvalue weighted by atomic mass is 10.0. The summed E-state index contributed by atoms with van der Waals surface area (Å²) in [5.41, 5.74) is 0. The number of esters is 2. The average molecular weight is 870 g/mol. The van der Waals surface area contributed by atoms with Gasteiger partial charge in [-0.25, -0.2) is 0 Å². The van der Waals surface area contributed by atoms with Gasteiger partial charge in [-0.2, -0.15) is 0 Å². The number of nitrogens with zero attached hydrogens (tertiary/aromatic N) is 1. The van der Waals surface area contributed by atoms with E-state index < -0.39 is 26.5 Å². The molecular formula is C50H96NO8P. The third-order valence-electron chi connectivity index (χ3n) is 11.0. The van der Waals surface area contributed by atoms with Gasteiger partial charge in [0.05, 0.1) is 27.7 Å². The summed E-state index contributed by atoms with van der Waals surface area (Å²) >= 11 is 0. The summed E-state index contributed by atoms with van der Waals surface area (Å²) in [4.78, 5) is 37.6. The van der Waals surface area contributed by atoms with E-state index in [1.165, 1.54) is 141 Å². The highest BCUT2D eigenvalue weighted by molar-refractivity contribution is 7.45. The van der Waals surface area contributed by atoms with Crippen molar-refractivity contribution in [1.29, 1.82) is 0 Å². The molecule has 0 radical (unpaired) electrons. The highest BCUT2D eigenvalue weighted by atomic mass is 31.2. The number of hydrogen-bond acceptors (Lipinski definition) is 8. The van der Waals surface area contributed by atoms with E-state index in [1.807, 2.05) is 21.1 Å². The van der Waals surface area contributed by atoms with Gasteiger partial charge in [0.15, 0.2) is 6.10 Å². The van der Waals surface area contributed by atoms with E-state index in [4.69, 9.17) is 18.5 Å². The molecule has 0 aromatic carbocycles. The summed E-state index contributed by atoms with van der Waals surface area (Å²) < 4.78 is 34.0. The van der Waals surface area contributed by atoms with E-state index >= 15 is 0 Å². The Bertz CT molecular complexity index is 1070. The van der Waals surface area contributed by atoms with Crippen LogP contribution in [-0.2, 0) is 32.7 Å². The third-order valence-corrected chi connectivity index (χ3v) is 11.9. The van der Waals surface area contributed by atoms with Gasteiger partial charge in [0.25, 0.3) is 7.82 Å². The zero-order chi connectivity index (χ0) is 44.3. The molecule has 0 saturated carbocycles. The van der Waals surface area contributed by atoms with Gasteiger partial charge >= 0.3 is 11.9 Å². The van der Waals surface area contributed by atoms with Gasteiger partial charge in [-0.3, -0.25) is 14.2 Å². The molecule has 0 spiro atoms. The van der Waals surface area contributed by atoms with Crippen LogP contribution in [0.3, 0.4) is 0 Å². The first-order valence-electron chi connectivity index (χ1n) is 25.0. The van der Waals surface area contributed by atoms with Crippen molar-refractivity contribution >= 4 is 19.8 Å². The first-order valence-corrected chi connectivity index (χ1v) is 26.5. The SMILES string of the molecule is CCCCC/C=C/C/C=C/CCCCCCCC(=O)O[C@@H](COC(=O)CCCCCCCCCCCCCCCCCCCCCCC)COP(=O)([O-])OCC[N+](C)(C)C. The highest BCUT2D eigenvalue weighted by Gasteiger charge is 2.21. The number of hydrogen-bond donors (Lipinski definition) is 0. The minimum atomic E-state index is -4.63. The van der Waals surface area contributed by atoms with E-state index in [9.17, 15) is 19.0 Å². The van der Waals surface area contributed by atoms with Crippen LogP contribution in [0.15, 0.2) is 24.3 Å². The molecule has 0 rings (SSSR count). The number of carbonyl (C=O) groups is 2. The van der Waals surface area contributed by atoms with Gasteiger partial charge in [0.1, 0.15) is 19.8 Å². The molecule has 0 aliphatic rings. The molecule has 60 heavy (non-hydrogen) atoms. The molecule has 0 aliphatic heterocycles. The highest BCUT2D eigenvalue weighted by Crippen LogP contribution is 2.38. The lowest BCUT2D eigenvalue weighted by molar-refractivity contribution is -0.870. The van der Waals surface area contributed by atoms with Crippen LogP contribution in [0.1, 0.15) is 232 Å². The lowest BCUT2D eigenvalue weighted by Crippen LogP contribution is -2.37. The zero-order valence-electron chi connectivity index (χ0n) is 39.9. The van der Waals surface area contributed by atoms with E-state index in [0.29, 0.717) is 17.4 Å². The third kappa shape index (κ3) is 46.0. The first-order chi connectivity index (χ1) is 29.0. The molecular weight excluding hydrogens is 774 g/mol. The normalized spacial score (nSPS) is 13.6. The average Bonchev–Trinajstić information content (AvgIpc) is 3.20. The molecule has 1 unspecified atom stereocenters. The Balaban J connectivity index is 4.22. The van der Waals surface area contributed by atoms with Crippen LogP contribution in [0.4, 0.5) is 0 Å². The number of allylic oxidation sites excluding steroid dienone is 4. The number of phosphoric ester groups is 1. The van der Waals surface area contributed by atoms with Gasteiger partial charge in [-0.1, -0.05) is 199 Å². The summed E-state index contributed by atoms with van der Waals surface area (Å²) in [6.45, 7) is 4.22. The maximum Gasteiger partial charge on any atom is 0.306 e. The predicted octanol–water partition coefficient (Wildman–Crippen LogP) is 14.1. The number of ether oxygens (including phenoxy) is 2. The van der Waals surface area contributed by atoms with Gasteiger partial charge in [-0.15, -0.1) is 0 Å². The van der Waals surface area contributed by atoms with Crippen LogP contribution in [0, 0.1) is 0 Å². The summed E-state index contributed by atoms with van der Waals surface area (Å²) in [5, 5.41) is 0. The molecule has 0 saturated heterocycles. The van der Waals surface area contributed by atoms with Crippen LogP contribution in [0.25, 0.3) is 0 Å². The Morgan fingerprint density at radius 3 is 1.35 bits per heavy atom. The molecule has 0 N–H and O–H groups in total. The summed E-state index contributed by atoms with van der Waals surface area (Å²) in [7, 11) is 1.16. The fraction of sp³-hybridized carbons (Fsp3) is 0.880. The standard InChI is InChI=1S/C50H96NO8P/c1-6-8-10-12-14-16-18-20-22-23-24-25-26-27-29-30-32-34-36-38-40-42-49(52)56-46-48(47-58-60(54,55)57-45-44-51(3,4)5)59-50(53)43-41-39-37-35-33-31-28-21-19-17-15-13-11-9-7-2/h15,17,21,28,48H,6-14,16,18-20,22-27,29-47H2,1-5H3/b17-15+,28-21+/t48-/m0/s1. The number of rotatable bonds is 46. The number of unbranched alkanes of at least 4 members (excludes halogenated alkanes) is 28. The van der Waals surface area contributed by atoms with Crippen molar-refractivity contribution < 1.29 is 42.1 Å². The fourth-order valence-corrected chi connectivity index (χ4v) is 7.77. The Kier molecular flexibility index (Phi) is 41.7. The van der Waals surface area contributed by atoms with Gasteiger partial charge in [0, 0.05) is 12.8 Å². The molecule has 0 aromatic heterocycles. The molecule has 354 valence electrons. The largest absolute Gasteiger partial charge is 0.756 e. The Labute approximate surface area is 370 Å². The van der Waals surface area contributed by atoms with Crippen LogP contribution < -0.4 is 4.89 Å². The number of likely N-dealkylation sites (N-methyl/N-ethyl adjacent to an activating group) is 1. The van der Waals surface area contributed by atoms with Gasteiger partial charge in [0.2, 0.25) is 0 Å². The fourth-order valence-electron chi connectivity index (χ4n) is 7.04. The molecule has 0 aromatic rings. The second kappa shape index (κ2) is 42.8. The van der Waals surface area contributed by atoms with Crippen LogP contribution in [-0.4, -0.2) is 70.0 Å². The van der Waals surface area contributed by atoms with Crippen molar-refractivity contribution in [3.63, 3.8) is 0 Å². The molecule has 0 bridgehead atoms. The Hall–Kier alpha value is -1.51. The quantitative estimate of drug-likeness (QED) is 0.0195. The minimum Gasteiger partial charge on any atom is -0.756 e. The van der Waals surface area contributed by atoms with Crippen molar-refractivity contribution in [2.75, 3.05) is 47.5 Å². The first kappa shape index (κ1) is 58.5. The summed E-state index contributed by atoms with van der Waals surface area (Å²) in [6, 6.07) is 0. The molecule has 0 amide bonds. The topological polar surface area (TPSA) is 111 Å². The van der Waals surface area contributed by atoms with Crippen LogP contribution in [0.2, 0.25) is 0 Å². The molecule has 0 heterocycles. The summed E-state index contributed by atoms with van der Waals surface area (Å²) in [6.07, 6.45) is 47.8. The predicted molar refractivity (Wildman–Crippen MR) is 250 cm³/mol. The van der Waals surface area contributed by atoms with Gasteiger partial charge in [-0.05, 0) is 44.9 Å². The van der Waals surface area contributed by atoms with Crippen molar-refractivity contribution in [2.45, 2.75) is 238 Å². The Morgan fingerprint density at radius 1 is 0.517 bits per heavy atom. The lowest BCUT2D eigenvalue weighted by Gasteiger charge is -2.28. The molecule has 0 aliphatic carbocycles. The van der Waals surface area contributed by atoms with E-state index in [2.05, 4.69) is 38.2 Å². The number of carbonyl (C=O) groups excluding carboxylic acids is 2. The summed E-state index contributed by atoms with van der Waals surface area (Å²) in [5.74, 6) is -0.839. The number of quaternary nitrogens is 1. The second-order valence-electron chi connectivity index (χ2n) is 18.2. The van der Waals surface area contributed by atoms with Gasteiger partial charge < -0.3 is 27.9 Å². The zero-order valence-corrected chi connectivity index (χ0v) is 40.8. The molecule has 0 fully saturated rings. The molecule has 2 atom stereocenters. The van der Waals surface area contributed by atoms with Crippen molar-refractivity contribution in [3.8, 4) is 0 Å². The monoisotopic (exact) mass is 870 g/mol. The smallest absolute Gasteiger partial charge is 0.306 e. The second-order valence-corrected chi connectivity index (χ2v) is 19.6. The van der Waals surface area contributed by atoms with E-state index in [0.717, 1.165) is 57.8 Å². The van der Waals surface area contributed by atoms with Crippen LogP contribution in [0.5, 0.6) is 0 Å². The molecule has 10 heteroatoms. The Morgan fingerprint density at radius 2 is 0.900 bits per heavy atom. The maximum atomic E-state index is 12.7. The van der Waals surface area contributed by atoms with Crippen molar-refractivity contribution in [2.24, 2.45) is 0 Å². The van der Waals surface area contributed by atoms with Crippen molar-refractivity contribution in [1.82, 2.24) is 0 Å². The van der Waals surface area contributed by atoms with E-state index in [-0.39, 0.29) is 32.0 Å². The maximum absolute atomic E-state index is 12.7.